The lowest BCUT2D eigenvalue weighted by Crippen LogP contribution is -2.43. The zero-order valence-electron chi connectivity index (χ0n) is 13.1. The Labute approximate surface area is 118 Å². The molecular weight excluding hydrogens is 234 g/mol. The minimum Gasteiger partial charge on any atom is -0.313 e. The molecular formula is C16H29N3. The highest BCUT2D eigenvalue weighted by Gasteiger charge is 2.16. The van der Waals surface area contributed by atoms with Crippen molar-refractivity contribution >= 4 is 0 Å². The molecule has 0 aromatic carbocycles. The highest BCUT2D eigenvalue weighted by Crippen LogP contribution is 2.09. The minimum absolute atomic E-state index is 0.546. The van der Waals surface area contributed by atoms with Crippen molar-refractivity contribution in [3.05, 3.63) is 29.6 Å². The third kappa shape index (κ3) is 5.70. The fourth-order valence-electron chi connectivity index (χ4n) is 2.30. The van der Waals surface area contributed by atoms with Crippen molar-refractivity contribution in [2.24, 2.45) is 0 Å². The predicted octanol–water partition coefficient (Wildman–Crippen LogP) is 2.99. The van der Waals surface area contributed by atoms with Crippen LogP contribution in [0.25, 0.3) is 0 Å². The van der Waals surface area contributed by atoms with Crippen LogP contribution in [0.2, 0.25) is 0 Å². The second kappa shape index (κ2) is 8.28. The maximum absolute atomic E-state index is 4.61. The van der Waals surface area contributed by atoms with Gasteiger partial charge in [0.2, 0.25) is 0 Å². The van der Waals surface area contributed by atoms with Crippen LogP contribution in [0.5, 0.6) is 0 Å². The fraction of sp³-hybridized carbons (Fsp3) is 0.688. The minimum atomic E-state index is 0.546. The number of hydrogen-bond donors (Lipinski definition) is 1. The smallest absolute Gasteiger partial charge is 0.0547 e. The first-order valence-electron chi connectivity index (χ1n) is 7.46. The van der Waals surface area contributed by atoms with Gasteiger partial charge in [-0.3, -0.25) is 9.88 Å². The number of likely N-dealkylation sites (N-methyl/N-ethyl adjacent to an activating group) is 1. The van der Waals surface area contributed by atoms with Crippen LogP contribution in [0.4, 0.5) is 0 Å². The number of hydrogen-bond acceptors (Lipinski definition) is 3. The van der Waals surface area contributed by atoms with E-state index in [0.717, 1.165) is 25.3 Å². The molecule has 0 aliphatic rings. The van der Waals surface area contributed by atoms with E-state index in [-0.39, 0.29) is 0 Å². The van der Waals surface area contributed by atoms with Crippen LogP contribution in [-0.4, -0.2) is 35.1 Å². The van der Waals surface area contributed by atoms with E-state index in [4.69, 9.17) is 0 Å². The molecule has 0 fully saturated rings. The third-order valence-corrected chi connectivity index (χ3v) is 3.47. The van der Waals surface area contributed by atoms with Crippen LogP contribution in [0.3, 0.4) is 0 Å². The van der Waals surface area contributed by atoms with Gasteiger partial charge in [-0.05, 0) is 32.0 Å². The molecule has 1 N–H and O–H groups in total. The van der Waals surface area contributed by atoms with Gasteiger partial charge in [0.15, 0.2) is 0 Å². The maximum atomic E-state index is 4.61. The Hall–Kier alpha value is -0.930. The van der Waals surface area contributed by atoms with E-state index in [1.807, 2.05) is 0 Å². The molecule has 1 aromatic rings. The SMILES string of the molecule is CCC(CNC(C)C)N(CC)Cc1cccc(C)n1. The molecule has 1 aromatic heterocycles. The Morgan fingerprint density at radius 2 is 2.00 bits per heavy atom. The number of aromatic nitrogens is 1. The number of nitrogens with zero attached hydrogens (tertiary/aromatic N) is 2. The Kier molecular flexibility index (Phi) is 7.03. The summed E-state index contributed by atoms with van der Waals surface area (Å²) in [7, 11) is 0. The van der Waals surface area contributed by atoms with Crippen LogP contribution in [0.1, 0.15) is 45.5 Å². The topological polar surface area (TPSA) is 28.2 Å². The molecule has 0 aliphatic heterocycles. The molecule has 1 atom stereocenters. The van der Waals surface area contributed by atoms with Gasteiger partial charge >= 0.3 is 0 Å². The van der Waals surface area contributed by atoms with Gasteiger partial charge in [0.1, 0.15) is 0 Å². The summed E-state index contributed by atoms with van der Waals surface area (Å²) in [5.74, 6) is 0. The predicted molar refractivity (Wildman–Crippen MR) is 82.3 cm³/mol. The van der Waals surface area contributed by atoms with Crippen molar-refractivity contribution in [3.63, 3.8) is 0 Å². The van der Waals surface area contributed by atoms with Gasteiger partial charge in [-0.15, -0.1) is 0 Å². The quantitative estimate of drug-likeness (QED) is 0.781. The van der Waals surface area contributed by atoms with Crippen molar-refractivity contribution in [1.29, 1.82) is 0 Å². The average Bonchev–Trinajstić information content (AvgIpc) is 2.37. The van der Waals surface area contributed by atoms with Gasteiger partial charge in [-0.25, -0.2) is 0 Å². The van der Waals surface area contributed by atoms with Crippen LogP contribution in [0, 0.1) is 6.92 Å². The van der Waals surface area contributed by atoms with E-state index < -0.39 is 0 Å². The summed E-state index contributed by atoms with van der Waals surface area (Å²) in [4.78, 5) is 7.12. The van der Waals surface area contributed by atoms with E-state index >= 15 is 0 Å². The summed E-state index contributed by atoms with van der Waals surface area (Å²) in [6, 6.07) is 7.40. The lowest BCUT2D eigenvalue weighted by Gasteiger charge is -2.30. The van der Waals surface area contributed by atoms with Crippen molar-refractivity contribution in [3.8, 4) is 0 Å². The molecule has 108 valence electrons. The number of rotatable bonds is 8. The van der Waals surface area contributed by atoms with Gasteiger partial charge in [0.05, 0.1) is 5.69 Å². The van der Waals surface area contributed by atoms with Gasteiger partial charge in [0.25, 0.3) is 0 Å². The second-order valence-corrected chi connectivity index (χ2v) is 5.46. The number of pyridine rings is 1. The number of aryl methyl sites for hydroxylation is 1. The molecule has 3 heteroatoms. The van der Waals surface area contributed by atoms with E-state index in [1.165, 1.54) is 12.1 Å². The van der Waals surface area contributed by atoms with Crippen LogP contribution in [-0.2, 0) is 6.54 Å². The first-order valence-corrected chi connectivity index (χ1v) is 7.46. The van der Waals surface area contributed by atoms with Gasteiger partial charge in [-0.1, -0.05) is 33.8 Å². The van der Waals surface area contributed by atoms with E-state index in [9.17, 15) is 0 Å². The second-order valence-electron chi connectivity index (χ2n) is 5.46. The molecule has 0 amide bonds. The summed E-state index contributed by atoms with van der Waals surface area (Å²) < 4.78 is 0. The molecule has 1 unspecified atom stereocenters. The van der Waals surface area contributed by atoms with Gasteiger partial charge in [0, 0.05) is 30.9 Å². The monoisotopic (exact) mass is 263 g/mol. The molecule has 0 radical (unpaired) electrons. The van der Waals surface area contributed by atoms with E-state index in [2.05, 4.69) is 68.0 Å². The number of nitrogens with one attached hydrogen (secondary N) is 1. The first kappa shape index (κ1) is 16.1. The molecule has 1 rings (SSSR count). The van der Waals surface area contributed by atoms with Crippen molar-refractivity contribution in [2.45, 2.75) is 59.7 Å². The van der Waals surface area contributed by atoms with Gasteiger partial charge in [-0.2, -0.15) is 0 Å². The zero-order valence-corrected chi connectivity index (χ0v) is 13.1. The van der Waals surface area contributed by atoms with Crippen molar-refractivity contribution in [1.82, 2.24) is 15.2 Å². The first-order chi connectivity index (χ1) is 9.06. The Bertz CT molecular complexity index is 363. The lowest BCUT2D eigenvalue weighted by molar-refractivity contribution is 0.183. The van der Waals surface area contributed by atoms with Crippen molar-refractivity contribution in [2.75, 3.05) is 13.1 Å². The Balaban J connectivity index is 2.64. The third-order valence-electron chi connectivity index (χ3n) is 3.47. The van der Waals surface area contributed by atoms with Crippen LogP contribution < -0.4 is 5.32 Å². The standard InChI is InChI=1S/C16H29N3/c1-6-16(11-17-13(3)4)19(7-2)12-15-10-8-9-14(5)18-15/h8-10,13,16-17H,6-7,11-12H2,1-5H3. The average molecular weight is 263 g/mol. The van der Waals surface area contributed by atoms with Crippen molar-refractivity contribution < 1.29 is 0 Å². The van der Waals surface area contributed by atoms with Gasteiger partial charge < -0.3 is 5.32 Å². The molecule has 3 nitrogen and oxygen atoms in total. The summed E-state index contributed by atoms with van der Waals surface area (Å²) >= 11 is 0. The maximum Gasteiger partial charge on any atom is 0.0547 e. The lowest BCUT2D eigenvalue weighted by atomic mass is 10.1. The van der Waals surface area contributed by atoms with E-state index in [0.29, 0.717) is 12.1 Å². The fourth-order valence-corrected chi connectivity index (χ4v) is 2.30. The molecule has 0 bridgehead atoms. The Morgan fingerprint density at radius 3 is 2.53 bits per heavy atom. The normalized spacial score (nSPS) is 13.2. The largest absolute Gasteiger partial charge is 0.313 e. The molecule has 0 spiro atoms. The zero-order chi connectivity index (χ0) is 14.3. The Morgan fingerprint density at radius 1 is 1.26 bits per heavy atom. The molecule has 0 saturated carbocycles. The summed E-state index contributed by atoms with van der Waals surface area (Å²) in [6.07, 6.45) is 1.17. The molecule has 0 aliphatic carbocycles. The summed E-state index contributed by atoms with van der Waals surface area (Å²) in [6.45, 7) is 14.0. The molecule has 19 heavy (non-hydrogen) atoms. The van der Waals surface area contributed by atoms with E-state index in [1.54, 1.807) is 0 Å². The van der Waals surface area contributed by atoms with Crippen LogP contribution in [0.15, 0.2) is 18.2 Å². The summed E-state index contributed by atoms with van der Waals surface area (Å²) in [5.41, 5.74) is 2.27. The highest BCUT2D eigenvalue weighted by molar-refractivity contribution is 5.09. The molecule has 0 saturated heterocycles. The molecule has 1 heterocycles. The summed E-state index contributed by atoms with van der Waals surface area (Å²) in [5, 5.41) is 3.55. The van der Waals surface area contributed by atoms with Crippen LogP contribution >= 0.6 is 0 Å². The highest BCUT2D eigenvalue weighted by atomic mass is 15.2.